The molecule has 0 radical (unpaired) electrons. The lowest BCUT2D eigenvalue weighted by atomic mass is 10.3. The summed E-state index contributed by atoms with van der Waals surface area (Å²) in [6.07, 6.45) is 0. The van der Waals surface area contributed by atoms with Crippen LogP contribution in [0.2, 0.25) is 0 Å². The molecule has 1 aromatic rings. The average Bonchev–Trinajstić information content (AvgIpc) is 2.58. The number of nitrogens with zero attached hydrogens (tertiary/aromatic N) is 2. The fraction of sp³-hybridized carbons (Fsp3) is 0.625. The number of hydrogen-bond acceptors (Lipinski definition) is 4. The van der Waals surface area contributed by atoms with Gasteiger partial charge >= 0.3 is 0 Å². The van der Waals surface area contributed by atoms with Crippen LogP contribution in [0.1, 0.15) is 18.2 Å². The van der Waals surface area contributed by atoms with Gasteiger partial charge in [0.1, 0.15) is 0 Å². The normalized spacial score (nSPS) is 12.3. The molecule has 1 aromatic heterocycles. The Morgan fingerprint density at radius 2 is 2.13 bits per heavy atom. The summed E-state index contributed by atoms with van der Waals surface area (Å²) in [5.74, 6) is 0. The summed E-state index contributed by atoms with van der Waals surface area (Å²) >= 11 is 0. The summed E-state index contributed by atoms with van der Waals surface area (Å²) in [5.41, 5.74) is 0.899. The second kappa shape index (κ2) is 4.30. The van der Waals surface area contributed by atoms with E-state index in [0.717, 1.165) is 0 Å². The number of aliphatic hydroxyl groups excluding tert-OH is 1. The quantitative estimate of drug-likeness (QED) is 0.757. The number of rotatable bonds is 4. The molecule has 0 atom stereocenters. The number of aromatic amines is 1. The van der Waals surface area contributed by atoms with Crippen molar-refractivity contribution in [1.29, 1.82) is 0 Å². The van der Waals surface area contributed by atoms with E-state index in [0.29, 0.717) is 17.8 Å². The molecule has 2 N–H and O–H groups in total. The smallest absolute Gasteiger partial charge is 0.262 e. The fourth-order valence-electron chi connectivity index (χ4n) is 1.15. The van der Waals surface area contributed by atoms with Crippen LogP contribution in [0.5, 0.6) is 0 Å². The summed E-state index contributed by atoms with van der Waals surface area (Å²) in [5, 5.41) is 15.2. The second-order valence-corrected chi connectivity index (χ2v) is 5.17. The second-order valence-electron chi connectivity index (χ2n) is 3.21. The Bertz CT molecular complexity index is 438. The minimum absolute atomic E-state index is 0.0909. The largest absolute Gasteiger partial charge is 0.392 e. The number of aliphatic hydroxyl groups is 1. The molecule has 6 nitrogen and oxygen atoms in total. The van der Waals surface area contributed by atoms with Gasteiger partial charge in [-0.3, -0.25) is 5.10 Å². The SMILES string of the molecule is CCN(C)S(=O)(=O)c1n[nH]c(C)c1CO. The van der Waals surface area contributed by atoms with Crippen molar-refractivity contribution in [3.63, 3.8) is 0 Å². The molecule has 0 spiro atoms. The van der Waals surface area contributed by atoms with E-state index in [4.69, 9.17) is 5.11 Å². The molecule has 1 rings (SSSR count). The standard InChI is InChI=1S/C8H15N3O3S/c1-4-11(3)15(13,14)8-7(5-12)6(2)9-10-8/h12H,4-5H2,1-3H3,(H,9,10). The van der Waals surface area contributed by atoms with Crippen molar-refractivity contribution >= 4 is 10.0 Å². The van der Waals surface area contributed by atoms with Crippen LogP contribution in [0.3, 0.4) is 0 Å². The first-order valence-corrected chi connectivity index (χ1v) is 6.00. The Morgan fingerprint density at radius 3 is 2.60 bits per heavy atom. The molecule has 0 aliphatic heterocycles. The first-order valence-electron chi connectivity index (χ1n) is 4.56. The molecule has 0 saturated carbocycles. The molecule has 0 saturated heterocycles. The van der Waals surface area contributed by atoms with Crippen molar-refractivity contribution in [2.45, 2.75) is 25.5 Å². The summed E-state index contributed by atoms with van der Waals surface area (Å²) < 4.78 is 25.0. The van der Waals surface area contributed by atoms with Crippen LogP contribution < -0.4 is 0 Å². The minimum atomic E-state index is -3.58. The molecular formula is C8H15N3O3S. The lowest BCUT2D eigenvalue weighted by Gasteiger charge is -2.13. The van der Waals surface area contributed by atoms with Gasteiger partial charge in [0, 0.05) is 24.8 Å². The van der Waals surface area contributed by atoms with Crippen molar-refractivity contribution in [3.05, 3.63) is 11.3 Å². The summed E-state index contributed by atoms with van der Waals surface area (Å²) in [6.45, 7) is 3.42. The highest BCUT2D eigenvalue weighted by atomic mass is 32.2. The number of nitrogens with one attached hydrogen (secondary N) is 1. The van der Waals surface area contributed by atoms with Crippen LogP contribution in [0.15, 0.2) is 5.03 Å². The summed E-state index contributed by atoms with van der Waals surface area (Å²) in [6, 6.07) is 0. The molecular weight excluding hydrogens is 218 g/mol. The van der Waals surface area contributed by atoms with Crippen LogP contribution in [0.4, 0.5) is 0 Å². The van der Waals surface area contributed by atoms with Gasteiger partial charge in [-0.05, 0) is 6.92 Å². The predicted octanol–water partition coefficient (Wildman–Crippen LogP) is -0.149. The Hall–Kier alpha value is -0.920. The molecule has 0 aliphatic rings. The highest BCUT2D eigenvalue weighted by Crippen LogP contribution is 2.19. The van der Waals surface area contributed by atoms with Gasteiger partial charge in [0.15, 0.2) is 5.03 Å². The van der Waals surface area contributed by atoms with E-state index in [1.807, 2.05) is 0 Å². The average molecular weight is 233 g/mol. The van der Waals surface area contributed by atoms with Gasteiger partial charge in [-0.25, -0.2) is 8.42 Å². The lowest BCUT2D eigenvalue weighted by Crippen LogP contribution is -2.27. The molecule has 7 heteroatoms. The molecule has 86 valence electrons. The number of hydrogen-bond donors (Lipinski definition) is 2. The van der Waals surface area contributed by atoms with Gasteiger partial charge in [-0.1, -0.05) is 6.92 Å². The van der Waals surface area contributed by atoms with Gasteiger partial charge in [0.05, 0.1) is 6.61 Å². The van der Waals surface area contributed by atoms with E-state index in [1.54, 1.807) is 13.8 Å². The fourth-order valence-corrected chi connectivity index (χ4v) is 2.47. The minimum Gasteiger partial charge on any atom is -0.392 e. The molecule has 0 amide bonds. The van der Waals surface area contributed by atoms with Crippen molar-refractivity contribution in [2.75, 3.05) is 13.6 Å². The Labute approximate surface area is 89.0 Å². The Kier molecular flexibility index (Phi) is 3.48. The Morgan fingerprint density at radius 1 is 1.53 bits per heavy atom. The van der Waals surface area contributed by atoms with E-state index in [2.05, 4.69) is 10.2 Å². The van der Waals surface area contributed by atoms with Crippen molar-refractivity contribution in [1.82, 2.24) is 14.5 Å². The van der Waals surface area contributed by atoms with Gasteiger partial charge < -0.3 is 5.11 Å². The maximum atomic E-state index is 11.9. The third-order valence-electron chi connectivity index (χ3n) is 2.29. The van der Waals surface area contributed by atoms with Gasteiger partial charge in [0.25, 0.3) is 10.0 Å². The molecule has 0 aliphatic carbocycles. The maximum Gasteiger partial charge on any atom is 0.262 e. The number of aromatic nitrogens is 2. The molecule has 0 fully saturated rings. The van der Waals surface area contributed by atoms with E-state index in [-0.39, 0.29) is 11.6 Å². The third-order valence-corrected chi connectivity index (χ3v) is 4.20. The maximum absolute atomic E-state index is 11.9. The van der Waals surface area contributed by atoms with E-state index in [1.165, 1.54) is 11.4 Å². The highest BCUT2D eigenvalue weighted by Gasteiger charge is 2.26. The third kappa shape index (κ3) is 2.04. The number of H-pyrrole nitrogens is 1. The molecule has 15 heavy (non-hydrogen) atoms. The van der Waals surface area contributed by atoms with Crippen molar-refractivity contribution in [3.8, 4) is 0 Å². The molecule has 0 unspecified atom stereocenters. The zero-order chi connectivity index (χ0) is 11.6. The van der Waals surface area contributed by atoms with Crippen molar-refractivity contribution < 1.29 is 13.5 Å². The number of sulfonamides is 1. The topological polar surface area (TPSA) is 86.3 Å². The number of aryl methyl sites for hydroxylation is 1. The van der Waals surface area contributed by atoms with Crippen LogP contribution in [0.25, 0.3) is 0 Å². The van der Waals surface area contributed by atoms with Gasteiger partial charge in [-0.2, -0.15) is 9.40 Å². The Balaban J connectivity index is 3.27. The van der Waals surface area contributed by atoms with E-state index in [9.17, 15) is 8.42 Å². The summed E-state index contributed by atoms with van der Waals surface area (Å²) in [7, 11) is -2.11. The van der Waals surface area contributed by atoms with Gasteiger partial charge in [0.2, 0.25) is 0 Å². The van der Waals surface area contributed by atoms with E-state index >= 15 is 0 Å². The van der Waals surface area contributed by atoms with Crippen molar-refractivity contribution in [2.24, 2.45) is 0 Å². The lowest BCUT2D eigenvalue weighted by molar-refractivity contribution is 0.277. The predicted molar refractivity (Wildman–Crippen MR) is 54.7 cm³/mol. The zero-order valence-corrected chi connectivity index (χ0v) is 9.80. The first-order chi connectivity index (χ1) is 6.95. The highest BCUT2D eigenvalue weighted by molar-refractivity contribution is 7.89. The molecule has 0 aromatic carbocycles. The first kappa shape index (κ1) is 12.2. The van der Waals surface area contributed by atoms with Crippen LogP contribution in [-0.4, -0.2) is 41.6 Å². The van der Waals surface area contributed by atoms with Crippen LogP contribution in [0, 0.1) is 6.92 Å². The monoisotopic (exact) mass is 233 g/mol. The van der Waals surface area contributed by atoms with Crippen LogP contribution >= 0.6 is 0 Å². The summed E-state index contributed by atoms with van der Waals surface area (Å²) in [4.78, 5) is 0. The molecule has 1 heterocycles. The van der Waals surface area contributed by atoms with Crippen LogP contribution in [-0.2, 0) is 16.6 Å². The van der Waals surface area contributed by atoms with Gasteiger partial charge in [-0.15, -0.1) is 0 Å². The molecule has 0 bridgehead atoms. The zero-order valence-electron chi connectivity index (χ0n) is 8.98. The van der Waals surface area contributed by atoms with E-state index < -0.39 is 10.0 Å².